The fraction of sp³-hybridized carbons (Fsp3) is 0.409. The SMILES string of the molecule is COc1ccc(N(C)C)c2c1C(O)=C1C(=O)C3C(O)=C(C(N)=O)C(=O)CC3CC1C2. The van der Waals surface area contributed by atoms with Crippen LogP contribution in [0.25, 0.3) is 5.76 Å². The smallest absolute Gasteiger partial charge is 0.255 e. The zero-order chi connectivity index (χ0) is 21.9. The number of ketones is 2. The van der Waals surface area contributed by atoms with Gasteiger partial charge in [-0.1, -0.05) is 0 Å². The van der Waals surface area contributed by atoms with Crippen LogP contribution in [0.5, 0.6) is 5.75 Å². The van der Waals surface area contributed by atoms with Crippen LogP contribution in [-0.2, 0) is 20.8 Å². The van der Waals surface area contributed by atoms with Crippen LogP contribution in [-0.4, -0.2) is 48.9 Å². The topological polar surface area (TPSA) is 130 Å². The van der Waals surface area contributed by atoms with Crippen LogP contribution < -0.4 is 15.4 Å². The number of aliphatic hydroxyl groups excluding tert-OH is 2. The van der Waals surface area contributed by atoms with Gasteiger partial charge in [-0.25, -0.2) is 0 Å². The molecule has 3 aliphatic rings. The maximum absolute atomic E-state index is 13.4. The summed E-state index contributed by atoms with van der Waals surface area (Å²) in [5, 5.41) is 21.7. The molecule has 1 fully saturated rings. The molecule has 30 heavy (non-hydrogen) atoms. The maximum atomic E-state index is 13.4. The number of ether oxygens (including phenoxy) is 1. The first-order valence-corrected chi connectivity index (χ1v) is 9.78. The second-order valence-electron chi connectivity index (χ2n) is 8.29. The first-order chi connectivity index (χ1) is 14.2. The molecule has 3 unspecified atom stereocenters. The van der Waals surface area contributed by atoms with Crippen molar-refractivity contribution in [3.63, 3.8) is 0 Å². The number of Topliss-reactive ketones (excluding diaryl/α,β-unsaturated/α-hetero) is 2. The van der Waals surface area contributed by atoms with E-state index in [4.69, 9.17) is 10.5 Å². The Kier molecular flexibility index (Phi) is 4.60. The van der Waals surface area contributed by atoms with E-state index in [2.05, 4.69) is 0 Å². The molecule has 0 saturated heterocycles. The molecular formula is C22H24N2O6. The number of primary amides is 1. The van der Waals surface area contributed by atoms with Gasteiger partial charge in [-0.05, 0) is 42.4 Å². The van der Waals surface area contributed by atoms with E-state index in [0.29, 0.717) is 24.2 Å². The summed E-state index contributed by atoms with van der Waals surface area (Å²) in [6, 6.07) is 3.64. The fourth-order valence-electron chi connectivity index (χ4n) is 5.20. The van der Waals surface area contributed by atoms with Crippen LogP contribution in [0, 0.1) is 17.8 Å². The number of methoxy groups -OCH3 is 1. The Morgan fingerprint density at radius 1 is 1.20 bits per heavy atom. The van der Waals surface area contributed by atoms with E-state index in [-0.39, 0.29) is 23.7 Å². The molecule has 4 rings (SSSR count). The van der Waals surface area contributed by atoms with Crippen LogP contribution in [0.15, 0.2) is 29.0 Å². The highest BCUT2D eigenvalue weighted by molar-refractivity contribution is 6.21. The van der Waals surface area contributed by atoms with E-state index in [9.17, 15) is 24.6 Å². The molecule has 3 atom stereocenters. The number of hydrogen-bond donors (Lipinski definition) is 3. The van der Waals surface area contributed by atoms with Gasteiger partial charge < -0.3 is 25.6 Å². The molecule has 0 radical (unpaired) electrons. The van der Waals surface area contributed by atoms with Gasteiger partial charge in [0.15, 0.2) is 11.6 Å². The number of nitrogens with two attached hydrogens (primary N) is 1. The van der Waals surface area contributed by atoms with Gasteiger partial charge in [0, 0.05) is 31.8 Å². The lowest BCUT2D eigenvalue weighted by Gasteiger charge is -2.41. The highest BCUT2D eigenvalue weighted by Crippen LogP contribution is 2.51. The maximum Gasteiger partial charge on any atom is 0.255 e. The van der Waals surface area contributed by atoms with Crippen molar-refractivity contribution in [2.24, 2.45) is 23.5 Å². The lowest BCUT2D eigenvalue weighted by atomic mass is 9.61. The Morgan fingerprint density at radius 3 is 2.50 bits per heavy atom. The standard InChI is InChI=1S/C22H24N2O6/c1-24(2)12-4-5-14(30-3)17-11(12)7-9-6-10-8-13(25)18(22(23)29)21(28)16(10)19(26)15(9)20(17)27/h4-5,9-10,16,27-28H,6-8H2,1-3H3,(H2,23,29). The van der Waals surface area contributed by atoms with E-state index >= 15 is 0 Å². The summed E-state index contributed by atoms with van der Waals surface area (Å²) in [4.78, 5) is 39.3. The number of benzene rings is 1. The third-order valence-electron chi connectivity index (χ3n) is 6.43. The zero-order valence-electron chi connectivity index (χ0n) is 17.1. The molecule has 158 valence electrons. The average Bonchev–Trinajstić information content (AvgIpc) is 2.65. The van der Waals surface area contributed by atoms with Gasteiger partial charge in [-0.2, -0.15) is 0 Å². The average molecular weight is 412 g/mol. The van der Waals surface area contributed by atoms with Gasteiger partial charge >= 0.3 is 0 Å². The summed E-state index contributed by atoms with van der Waals surface area (Å²) in [5.74, 6) is -4.15. The van der Waals surface area contributed by atoms with E-state index in [1.807, 2.05) is 25.1 Å². The number of allylic oxidation sites excluding steroid dienone is 2. The van der Waals surface area contributed by atoms with Gasteiger partial charge in [0.05, 0.1) is 18.6 Å². The highest BCUT2D eigenvalue weighted by Gasteiger charge is 2.51. The summed E-state index contributed by atoms with van der Waals surface area (Å²) in [6.07, 6.45) is 0.895. The Morgan fingerprint density at radius 2 is 1.90 bits per heavy atom. The van der Waals surface area contributed by atoms with Crippen molar-refractivity contribution in [1.82, 2.24) is 0 Å². The molecule has 4 N–H and O–H groups in total. The van der Waals surface area contributed by atoms with E-state index < -0.39 is 40.6 Å². The Bertz CT molecular complexity index is 1050. The van der Waals surface area contributed by atoms with Crippen LogP contribution in [0.3, 0.4) is 0 Å². The summed E-state index contributed by atoms with van der Waals surface area (Å²) < 4.78 is 5.43. The minimum Gasteiger partial charge on any atom is -0.511 e. The zero-order valence-corrected chi connectivity index (χ0v) is 17.1. The molecule has 0 bridgehead atoms. The Balaban J connectivity index is 1.90. The summed E-state index contributed by atoms with van der Waals surface area (Å²) in [7, 11) is 5.29. The fourth-order valence-corrected chi connectivity index (χ4v) is 5.20. The molecule has 1 saturated carbocycles. The molecule has 0 aromatic heterocycles. The van der Waals surface area contributed by atoms with Crippen molar-refractivity contribution in [3.05, 3.63) is 40.2 Å². The Hall–Kier alpha value is -3.29. The lowest BCUT2D eigenvalue weighted by Crippen LogP contribution is -2.44. The van der Waals surface area contributed by atoms with Crippen molar-refractivity contribution < 1.29 is 29.3 Å². The molecular weight excluding hydrogens is 388 g/mol. The van der Waals surface area contributed by atoms with Crippen molar-refractivity contribution in [2.75, 3.05) is 26.1 Å². The van der Waals surface area contributed by atoms with Gasteiger partial charge in [0.2, 0.25) is 0 Å². The van der Waals surface area contributed by atoms with Gasteiger partial charge in [0.25, 0.3) is 5.91 Å². The number of carbonyl (C=O) groups is 3. The van der Waals surface area contributed by atoms with E-state index in [1.54, 1.807) is 6.07 Å². The molecule has 0 aliphatic heterocycles. The normalized spacial score (nSPS) is 25.5. The highest BCUT2D eigenvalue weighted by atomic mass is 16.5. The number of anilines is 1. The third kappa shape index (κ3) is 2.70. The molecule has 1 aromatic carbocycles. The molecule has 8 heteroatoms. The van der Waals surface area contributed by atoms with Crippen molar-refractivity contribution in [1.29, 1.82) is 0 Å². The van der Waals surface area contributed by atoms with Crippen LogP contribution in [0.1, 0.15) is 24.0 Å². The second-order valence-corrected chi connectivity index (χ2v) is 8.29. The van der Waals surface area contributed by atoms with E-state index in [1.165, 1.54) is 7.11 Å². The number of nitrogens with zero attached hydrogens (tertiary/aromatic N) is 1. The van der Waals surface area contributed by atoms with Gasteiger partial charge in [-0.15, -0.1) is 0 Å². The largest absolute Gasteiger partial charge is 0.511 e. The van der Waals surface area contributed by atoms with Crippen molar-refractivity contribution in [3.8, 4) is 5.75 Å². The van der Waals surface area contributed by atoms with Crippen molar-refractivity contribution >= 4 is 28.9 Å². The summed E-state index contributed by atoms with van der Waals surface area (Å²) in [5.41, 5.74) is 7.20. The minimum atomic E-state index is -1.05. The predicted molar refractivity (Wildman–Crippen MR) is 109 cm³/mol. The number of amides is 1. The predicted octanol–water partition coefficient (Wildman–Crippen LogP) is 1.68. The number of aliphatic hydroxyl groups is 2. The molecule has 8 nitrogen and oxygen atoms in total. The summed E-state index contributed by atoms with van der Waals surface area (Å²) in [6.45, 7) is 0. The monoisotopic (exact) mass is 412 g/mol. The van der Waals surface area contributed by atoms with Crippen molar-refractivity contribution in [2.45, 2.75) is 19.3 Å². The second kappa shape index (κ2) is 6.90. The Labute approximate surface area is 173 Å². The van der Waals surface area contributed by atoms with Gasteiger partial charge in [-0.3, -0.25) is 14.4 Å². The molecule has 0 spiro atoms. The summed E-state index contributed by atoms with van der Waals surface area (Å²) >= 11 is 0. The van der Waals surface area contributed by atoms with Crippen LogP contribution >= 0.6 is 0 Å². The number of carbonyl (C=O) groups excluding carboxylic acids is 3. The first-order valence-electron chi connectivity index (χ1n) is 9.78. The lowest BCUT2D eigenvalue weighted by molar-refractivity contribution is -0.127. The third-order valence-corrected chi connectivity index (χ3v) is 6.43. The molecule has 1 amide bonds. The van der Waals surface area contributed by atoms with Crippen LogP contribution in [0.4, 0.5) is 5.69 Å². The molecule has 3 aliphatic carbocycles. The quantitative estimate of drug-likeness (QED) is 0.644. The van der Waals surface area contributed by atoms with Gasteiger partial charge in [0.1, 0.15) is 22.8 Å². The first kappa shape index (κ1) is 20.0. The minimum absolute atomic E-state index is 0.0329. The molecule has 1 aromatic rings. The number of fused-ring (bicyclic) bond motifs is 3. The number of rotatable bonds is 3. The van der Waals surface area contributed by atoms with Crippen LogP contribution in [0.2, 0.25) is 0 Å². The van der Waals surface area contributed by atoms with E-state index in [0.717, 1.165) is 11.3 Å². The number of hydrogen-bond acceptors (Lipinski definition) is 7. The molecule has 0 heterocycles.